The highest BCUT2D eigenvalue weighted by atomic mass is 32.2. The molecule has 8 nitrogen and oxygen atoms in total. The summed E-state index contributed by atoms with van der Waals surface area (Å²) in [4.78, 5) is 15.5. The molecular formula is C22H31N5O3S. The van der Waals surface area contributed by atoms with E-state index in [0.717, 1.165) is 62.2 Å². The Kier molecular flexibility index (Phi) is 8.14. The summed E-state index contributed by atoms with van der Waals surface area (Å²) in [5.74, 6) is 1.03. The minimum atomic E-state index is -3.67. The Labute approximate surface area is 183 Å². The number of nitrogens with one attached hydrogen (secondary N) is 1. The van der Waals surface area contributed by atoms with Crippen LogP contribution in [0.1, 0.15) is 48.8 Å². The summed E-state index contributed by atoms with van der Waals surface area (Å²) < 4.78 is 25.9. The number of benzene rings is 1. The van der Waals surface area contributed by atoms with E-state index in [2.05, 4.69) is 34.1 Å². The summed E-state index contributed by atoms with van der Waals surface area (Å²) in [6.07, 6.45) is 8.32. The quantitative estimate of drug-likeness (QED) is 0.377. The lowest BCUT2D eigenvalue weighted by atomic mass is 9.90. The maximum Gasteiger partial charge on any atom is 0.261 e. The molecule has 4 N–H and O–H groups in total. The number of nitrogens with two attached hydrogens (primary N) is 1. The van der Waals surface area contributed by atoms with E-state index in [-0.39, 0.29) is 0 Å². The Hall–Kier alpha value is -2.33. The van der Waals surface area contributed by atoms with E-state index >= 15 is 0 Å². The standard InChI is InChI=1S/C21H27N5.CH4O3S/c22-12-3-4-14-26(15-20-24-17-9-1-2-10-18(17)25-20)19-11-5-7-16-8-6-13-23-21(16)19;1-5(2,3)4/h1-2,6,8-10,13,19H,3-5,7,11-12,14-15,22H2,(H,24,25);1H3,(H,2,3,4). The van der Waals surface area contributed by atoms with Crippen molar-refractivity contribution >= 4 is 21.2 Å². The van der Waals surface area contributed by atoms with E-state index in [4.69, 9.17) is 20.3 Å². The van der Waals surface area contributed by atoms with Crippen LogP contribution in [0.25, 0.3) is 11.0 Å². The first-order valence-electron chi connectivity index (χ1n) is 10.6. The van der Waals surface area contributed by atoms with Crippen molar-refractivity contribution < 1.29 is 13.0 Å². The Balaban J connectivity index is 0.000000491. The molecule has 1 unspecified atom stereocenters. The lowest BCUT2D eigenvalue weighted by molar-refractivity contribution is 0.159. The highest BCUT2D eigenvalue weighted by Gasteiger charge is 2.27. The average Bonchev–Trinajstić information content (AvgIpc) is 3.14. The summed E-state index contributed by atoms with van der Waals surface area (Å²) in [7, 11) is -3.67. The fourth-order valence-corrected chi connectivity index (χ4v) is 4.02. The molecule has 4 rings (SSSR count). The van der Waals surface area contributed by atoms with Crippen LogP contribution in [-0.2, 0) is 23.1 Å². The normalized spacial score (nSPS) is 16.1. The van der Waals surface area contributed by atoms with Gasteiger partial charge in [-0.05, 0) is 69.0 Å². The van der Waals surface area contributed by atoms with E-state index in [1.54, 1.807) is 0 Å². The van der Waals surface area contributed by atoms with Crippen molar-refractivity contribution in [3.63, 3.8) is 0 Å². The number of aromatic nitrogens is 3. The van der Waals surface area contributed by atoms with Crippen LogP contribution in [0.5, 0.6) is 0 Å². The molecule has 0 spiro atoms. The largest absolute Gasteiger partial charge is 0.341 e. The van der Waals surface area contributed by atoms with Crippen molar-refractivity contribution in [2.24, 2.45) is 5.73 Å². The number of aromatic amines is 1. The van der Waals surface area contributed by atoms with Crippen LogP contribution in [-0.4, -0.2) is 52.2 Å². The molecule has 0 saturated heterocycles. The Morgan fingerprint density at radius 2 is 2.00 bits per heavy atom. The third-order valence-electron chi connectivity index (χ3n) is 5.30. The number of hydrogen-bond donors (Lipinski definition) is 3. The molecule has 2 heterocycles. The van der Waals surface area contributed by atoms with E-state index in [9.17, 15) is 8.42 Å². The maximum absolute atomic E-state index is 9.19. The van der Waals surface area contributed by atoms with Crippen molar-refractivity contribution in [2.75, 3.05) is 19.3 Å². The minimum absolute atomic E-state index is 0.367. The molecule has 2 aromatic heterocycles. The highest BCUT2D eigenvalue weighted by Crippen LogP contribution is 2.33. The molecule has 168 valence electrons. The zero-order valence-electron chi connectivity index (χ0n) is 17.9. The van der Waals surface area contributed by atoms with Gasteiger partial charge in [0.05, 0.1) is 35.6 Å². The number of hydrogen-bond acceptors (Lipinski definition) is 6. The average molecular weight is 446 g/mol. The molecule has 1 aliphatic carbocycles. The number of para-hydroxylation sites is 2. The van der Waals surface area contributed by atoms with E-state index < -0.39 is 10.1 Å². The first-order valence-corrected chi connectivity index (χ1v) is 12.4. The molecule has 0 amide bonds. The van der Waals surface area contributed by atoms with Gasteiger partial charge in [-0.2, -0.15) is 8.42 Å². The molecule has 1 atom stereocenters. The molecule has 0 aliphatic heterocycles. The number of unbranched alkanes of at least 4 members (excludes halogenated alkanes) is 1. The van der Waals surface area contributed by atoms with Gasteiger partial charge in [0.2, 0.25) is 0 Å². The van der Waals surface area contributed by atoms with E-state index in [1.807, 2.05) is 18.3 Å². The van der Waals surface area contributed by atoms with Crippen molar-refractivity contribution in [3.05, 3.63) is 59.7 Å². The van der Waals surface area contributed by atoms with Crippen LogP contribution < -0.4 is 5.73 Å². The molecule has 31 heavy (non-hydrogen) atoms. The zero-order valence-corrected chi connectivity index (χ0v) is 18.7. The van der Waals surface area contributed by atoms with E-state index in [1.165, 1.54) is 17.7 Å². The van der Waals surface area contributed by atoms with Gasteiger partial charge in [-0.1, -0.05) is 18.2 Å². The van der Waals surface area contributed by atoms with Gasteiger partial charge in [-0.3, -0.25) is 14.4 Å². The topological polar surface area (TPSA) is 125 Å². The fourth-order valence-electron chi connectivity index (χ4n) is 4.02. The molecule has 3 aromatic rings. The van der Waals surface area contributed by atoms with Crippen molar-refractivity contribution in [1.82, 2.24) is 19.9 Å². The Morgan fingerprint density at radius 3 is 2.74 bits per heavy atom. The van der Waals surface area contributed by atoms with Crippen LogP contribution in [0.4, 0.5) is 0 Å². The van der Waals surface area contributed by atoms with Gasteiger partial charge >= 0.3 is 0 Å². The van der Waals surface area contributed by atoms with Crippen molar-refractivity contribution in [3.8, 4) is 0 Å². The number of fused-ring (bicyclic) bond motifs is 2. The van der Waals surface area contributed by atoms with Crippen LogP contribution in [0.3, 0.4) is 0 Å². The lowest BCUT2D eigenvalue weighted by Gasteiger charge is -2.34. The van der Waals surface area contributed by atoms with Crippen LogP contribution in [0.15, 0.2) is 42.6 Å². The first kappa shape index (κ1) is 23.3. The number of H-pyrrole nitrogens is 1. The van der Waals surface area contributed by atoms with Crippen LogP contribution in [0, 0.1) is 0 Å². The number of imidazole rings is 1. The second-order valence-corrected chi connectivity index (χ2v) is 9.32. The molecule has 1 aliphatic rings. The van der Waals surface area contributed by atoms with Gasteiger partial charge in [-0.15, -0.1) is 0 Å². The van der Waals surface area contributed by atoms with Gasteiger partial charge in [0.1, 0.15) is 5.82 Å². The third-order valence-corrected chi connectivity index (χ3v) is 5.30. The fraction of sp³-hybridized carbons (Fsp3) is 0.455. The van der Waals surface area contributed by atoms with Gasteiger partial charge in [0.15, 0.2) is 0 Å². The van der Waals surface area contributed by atoms with Gasteiger partial charge in [0.25, 0.3) is 10.1 Å². The molecule has 0 fully saturated rings. The Morgan fingerprint density at radius 1 is 1.23 bits per heavy atom. The lowest BCUT2D eigenvalue weighted by Crippen LogP contribution is -2.33. The predicted molar refractivity (Wildman–Crippen MR) is 122 cm³/mol. The molecule has 0 bridgehead atoms. The zero-order chi connectivity index (χ0) is 22.3. The maximum atomic E-state index is 9.19. The van der Waals surface area contributed by atoms with Crippen LogP contribution in [0.2, 0.25) is 0 Å². The number of pyridine rings is 1. The van der Waals surface area contributed by atoms with E-state index in [0.29, 0.717) is 12.3 Å². The van der Waals surface area contributed by atoms with Gasteiger partial charge < -0.3 is 10.7 Å². The molecule has 1 aromatic carbocycles. The minimum Gasteiger partial charge on any atom is -0.341 e. The van der Waals surface area contributed by atoms with Gasteiger partial charge in [-0.25, -0.2) is 4.98 Å². The molecular weight excluding hydrogens is 414 g/mol. The SMILES string of the molecule is CS(=O)(=O)O.NCCCCN(Cc1nc2ccccc2[nH]1)C1CCCc2cccnc21. The Bertz CT molecular complexity index is 1040. The number of rotatable bonds is 7. The van der Waals surface area contributed by atoms with Crippen molar-refractivity contribution in [2.45, 2.75) is 44.7 Å². The molecule has 0 radical (unpaired) electrons. The predicted octanol–water partition coefficient (Wildman–Crippen LogP) is 3.08. The summed E-state index contributed by atoms with van der Waals surface area (Å²) in [5, 5.41) is 0. The summed E-state index contributed by atoms with van der Waals surface area (Å²) >= 11 is 0. The first-order chi connectivity index (χ1) is 14.8. The van der Waals surface area contributed by atoms with Crippen molar-refractivity contribution in [1.29, 1.82) is 0 Å². The summed E-state index contributed by atoms with van der Waals surface area (Å²) in [6.45, 7) is 2.59. The summed E-state index contributed by atoms with van der Waals surface area (Å²) in [5.41, 5.74) is 10.5. The third kappa shape index (κ3) is 7.10. The van der Waals surface area contributed by atoms with Gasteiger partial charge in [0, 0.05) is 6.20 Å². The smallest absolute Gasteiger partial charge is 0.261 e. The summed E-state index contributed by atoms with van der Waals surface area (Å²) in [6, 6.07) is 12.9. The second kappa shape index (κ2) is 10.8. The molecule has 0 saturated carbocycles. The highest BCUT2D eigenvalue weighted by molar-refractivity contribution is 7.85. The number of nitrogens with zero attached hydrogens (tertiary/aromatic N) is 3. The second-order valence-electron chi connectivity index (χ2n) is 7.86. The van der Waals surface area contributed by atoms with Crippen LogP contribution >= 0.6 is 0 Å². The number of aryl methyl sites for hydroxylation is 1. The molecule has 9 heteroatoms. The monoisotopic (exact) mass is 445 g/mol.